The van der Waals surface area contributed by atoms with Gasteiger partial charge in [-0.1, -0.05) is 18.2 Å². The van der Waals surface area contributed by atoms with Crippen LogP contribution in [0.5, 0.6) is 11.6 Å². The molecule has 0 unspecified atom stereocenters. The van der Waals surface area contributed by atoms with Crippen molar-refractivity contribution >= 4 is 17.2 Å². The largest absolute Gasteiger partial charge is 0.493 e. The summed E-state index contributed by atoms with van der Waals surface area (Å²) in [4.78, 5) is 17.3. The Morgan fingerprint density at radius 1 is 1.17 bits per heavy atom. The van der Waals surface area contributed by atoms with Crippen LogP contribution in [-0.2, 0) is 12.6 Å². The minimum atomic E-state index is -4.47. The molecule has 182 valence electrons. The zero-order chi connectivity index (χ0) is 25.3. The standard InChI is InChI=1S/C25H23F3N4O3/c1-14(2)35-19-9-7-18(8-10-19)31-23(33)21-13-29-32-22(21)30-15(3)20(24(32)34)12-16-5-4-6-17(11-16)25(26,27)28/h4-11,13-14,34H,12H2,1-3H3,(H,31,33). The maximum atomic E-state index is 13.1. The van der Waals surface area contributed by atoms with Gasteiger partial charge in [-0.25, -0.2) is 4.98 Å². The number of fused-ring (bicyclic) bond motifs is 1. The number of aromatic nitrogens is 3. The average molecular weight is 484 g/mol. The number of halogens is 3. The first kappa shape index (κ1) is 24.1. The van der Waals surface area contributed by atoms with E-state index in [1.54, 1.807) is 31.2 Å². The van der Waals surface area contributed by atoms with E-state index >= 15 is 0 Å². The zero-order valence-corrected chi connectivity index (χ0v) is 19.2. The summed E-state index contributed by atoms with van der Waals surface area (Å²) < 4.78 is 45.9. The quantitative estimate of drug-likeness (QED) is 0.383. The van der Waals surface area contributed by atoms with Crippen molar-refractivity contribution in [2.45, 2.75) is 39.5 Å². The number of hydrogen-bond donors (Lipinski definition) is 2. The van der Waals surface area contributed by atoms with Crippen LogP contribution >= 0.6 is 0 Å². The third-order valence-electron chi connectivity index (χ3n) is 5.29. The molecule has 7 nitrogen and oxygen atoms in total. The Balaban J connectivity index is 1.59. The van der Waals surface area contributed by atoms with Crippen LogP contribution in [0.25, 0.3) is 5.65 Å². The molecule has 2 N–H and O–H groups in total. The number of carbonyl (C=O) groups excluding carboxylic acids is 1. The van der Waals surface area contributed by atoms with E-state index in [0.717, 1.165) is 16.6 Å². The van der Waals surface area contributed by atoms with Gasteiger partial charge in [0.15, 0.2) is 5.65 Å². The highest BCUT2D eigenvalue weighted by Crippen LogP contribution is 2.31. The number of aryl methyl sites for hydroxylation is 1. The number of ether oxygens (including phenoxy) is 1. The Hall–Kier alpha value is -4.08. The molecule has 0 atom stereocenters. The first-order chi connectivity index (χ1) is 16.5. The van der Waals surface area contributed by atoms with E-state index in [1.165, 1.54) is 18.3 Å². The summed E-state index contributed by atoms with van der Waals surface area (Å²) >= 11 is 0. The second-order valence-electron chi connectivity index (χ2n) is 8.31. The second kappa shape index (κ2) is 9.28. The van der Waals surface area contributed by atoms with Gasteiger partial charge in [0.1, 0.15) is 11.3 Å². The van der Waals surface area contributed by atoms with Crippen molar-refractivity contribution in [3.63, 3.8) is 0 Å². The molecule has 35 heavy (non-hydrogen) atoms. The fraction of sp³-hybridized carbons (Fsp3) is 0.240. The molecule has 0 bridgehead atoms. The molecule has 0 fully saturated rings. The first-order valence-corrected chi connectivity index (χ1v) is 10.8. The number of aromatic hydroxyl groups is 1. The van der Waals surface area contributed by atoms with E-state index in [0.29, 0.717) is 28.3 Å². The topological polar surface area (TPSA) is 88.8 Å². The van der Waals surface area contributed by atoms with Crippen LogP contribution in [0.3, 0.4) is 0 Å². The average Bonchev–Trinajstić information content (AvgIpc) is 3.21. The highest BCUT2D eigenvalue weighted by Gasteiger charge is 2.30. The van der Waals surface area contributed by atoms with Gasteiger partial charge < -0.3 is 15.2 Å². The molecule has 0 aliphatic rings. The summed E-state index contributed by atoms with van der Waals surface area (Å²) in [6.45, 7) is 5.44. The van der Waals surface area contributed by atoms with Crippen molar-refractivity contribution in [3.05, 3.63) is 82.7 Å². The van der Waals surface area contributed by atoms with Crippen molar-refractivity contribution in [3.8, 4) is 11.6 Å². The van der Waals surface area contributed by atoms with Gasteiger partial charge >= 0.3 is 6.18 Å². The van der Waals surface area contributed by atoms with E-state index in [1.807, 2.05) is 13.8 Å². The predicted molar refractivity (Wildman–Crippen MR) is 124 cm³/mol. The summed E-state index contributed by atoms with van der Waals surface area (Å²) in [7, 11) is 0. The van der Waals surface area contributed by atoms with Gasteiger partial charge in [0.2, 0.25) is 5.88 Å². The fourth-order valence-corrected chi connectivity index (χ4v) is 3.64. The van der Waals surface area contributed by atoms with Crippen LogP contribution in [0, 0.1) is 6.92 Å². The number of carbonyl (C=O) groups is 1. The third kappa shape index (κ3) is 5.21. The lowest BCUT2D eigenvalue weighted by Crippen LogP contribution is -2.13. The van der Waals surface area contributed by atoms with Crippen molar-refractivity contribution in [1.82, 2.24) is 14.6 Å². The molecule has 0 saturated carbocycles. The molecular formula is C25H23F3N4O3. The summed E-state index contributed by atoms with van der Waals surface area (Å²) in [5.74, 6) is -0.0990. The molecule has 2 heterocycles. The molecule has 4 aromatic rings. The van der Waals surface area contributed by atoms with E-state index in [-0.39, 0.29) is 29.6 Å². The summed E-state index contributed by atoms with van der Waals surface area (Å²) in [5, 5.41) is 17.6. The minimum absolute atomic E-state index is 0.0106. The minimum Gasteiger partial charge on any atom is -0.493 e. The molecule has 4 rings (SSSR count). The van der Waals surface area contributed by atoms with Gasteiger partial charge in [-0.2, -0.15) is 22.8 Å². The number of alkyl halides is 3. The molecule has 10 heteroatoms. The van der Waals surface area contributed by atoms with Gasteiger partial charge in [-0.15, -0.1) is 0 Å². The highest BCUT2D eigenvalue weighted by molar-refractivity contribution is 6.08. The number of nitrogens with zero attached hydrogens (tertiary/aromatic N) is 3. The van der Waals surface area contributed by atoms with Crippen LogP contribution in [0.1, 0.15) is 46.6 Å². The molecule has 2 aromatic carbocycles. The zero-order valence-electron chi connectivity index (χ0n) is 19.2. The van der Waals surface area contributed by atoms with Gasteiger partial charge in [0, 0.05) is 23.4 Å². The number of benzene rings is 2. The third-order valence-corrected chi connectivity index (χ3v) is 5.29. The molecule has 1 amide bonds. The summed E-state index contributed by atoms with van der Waals surface area (Å²) in [6.07, 6.45) is -3.16. The van der Waals surface area contributed by atoms with E-state index < -0.39 is 17.6 Å². The Kier molecular flexibility index (Phi) is 6.38. The second-order valence-corrected chi connectivity index (χ2v) is 8.31. The smallest absolute Gasteiger partial charge is 0.416 e. The molecule has 0 aliphatic carbocycles. The van der Waals surface area contributed by atoms with Crippen LogP contribution in [0.15, 0.2) is 54.7 Å². The van der Waals surface area contributed by atoms with Crippen LogP contribution in [0.4, 0.5) is 18.9 Å². The van der Waals surface area contributed by atoms with Gasteiger partial charge in [-0.05, 0) is 56.7 Å². The van der Waals surface area contributed by atoms with E-state index in [4.69, 9.17) is 4.74 Å². The Morgan fingerprint density at radius 3 is 2.54 bits per heavy atom. The van der Waals surface area contributed by atoms with E-state index in [2.05, 4.69) is 15.4 Å². The van der Waals surface area contributed by atoms with Gasteiger partial charge in [0.25, 0.3) is 5.91 Å². The Bertz CT molecular complexity index is 1380. The number of hydrogen-bond acceptors (Lipinski definition) is 5. The highest BCUT2D eigenvalue weighted by atomic mass is 19.4. The van der Waals surface area contributed by atoms with Crippen molar-refractivity contribution in [2.75, 3.05) is 5.32 Å². The number of rotatable bonds is 6. The molecular weight excluding hydrogens is 461 g/mol. The number of nitrogens with one attached hydrogen (secondary N) is 1. The lowest BCUT2D eigenvalue weighted by Gasteiger charge is -2.12. The predicted octanol–water partition coefficient (Wildman–Crippen LogP) is 5.39. The van der Waals surface area contributed by atoms with Crippen molar-refractivity contribution in [1.29, 1.82) is 0 Å². The molecule has 2 aromatic heterocycles. The lowest BCUT2D eigenvalue weighted by molar-refractivity contribution is -0.137. The van der Waals surface area contributed by atoms with Crippen LogP contribution in [0.2, 0.25) is 0 Å². The molecule has 0 radical (unpaired) electrons. The lowest BCUT2D eigenvalue weighted by atomic mass is 10.0. The Morgan fingerprint density at radius 2 is 1.89 bits per heavy atom. The van der Waals surface area contributed by atoms with Gasteiger partial charge in [-0.3, -0.25) is 4.79 Å². The Labute approximate surface area is 199 Å². The molecule has 0 saturated heterocycles. The monoisotopic (exact) mass is 484 g/mol. The van der Waals surface area contributed by atoms with Gasteiger partial charge in [0.05, 0.1) is 17.9 Å². The SMILES string of the molecule is Cc1nc2c(C(=O)Nc3ccc(OC(C)C)cc3)cnn2c(O)c1Cc1cccc(C(F)(F)F)c1. The number of amides is 1. The molecule has 0 spiro atoms. The first-order valence-electron chi connectivity index (χ1n) is 10.8. The van der Waals surface area contributed by atoms with Crippen molar-refractivity contribution in [2.24, 2.45) is 0 Å². The summed E-state index contributed by atoms with van der Waals surface area (Å²) in [6, 6.07) is 11.7. The maximum absolute atomic E-state index is 13.1. The van der Waals surface area contributed by atoms with Crippen molar-refractivity contribution < 1.29 is 27.8 Å². The summed E-state index contributed by atoms with van der Waals surface area (Å²) in [5.41, 5.74) is 1.07. The fourth-order valence-electron chi connectivity index (χ4n) is 3.64. The maximum Gasteiger partial charge on any atom is 0.416 e. The van der Waals surface area contributed by atoms with Crippen LogP contribution < -0.4 is 10.1 Å². The van der Waals surface area contributed by atoms with E-state index in [9.17, 15) is 23.1 Å². The molecule has 0 aliphatic heterocycles. The normalized spacial score (nSPS) is 11.7. The van der Waals surface area contributed by atoms with Crippen LogP contribution in [-0.4, -0.2) is 31.7 Å². The number of anilines is 1.